The monoisotopic (exact) mass is 439 g/mol. The lowest BCUT2D eigenvalue weighted by Crippen LogP contribution is -2.70. The van der Waals surface area contributed by atoms with Crippen molar-refractivity contribution in [3.63, 3.8) is 0 Å². The molecule has 164 valence electrons. The number of nitrogens with zero attached hydrogens (tertiary/aromatic N) is 1. The van der Waals surface area contributed by atoms with E-state index in [0.717, 1.165) is 6.07 Å². The number of Topliss-reactive ketones (excluding diaryl/α,β-unsaturated/α-hetero) is 1. The SMILES string of the molecule is CC(=O)c1cc(F)c2c(c1)C[C@]13C(=O)NC(=O)NC1=C(C)[C@@H]1O[C@H](C(F)(F)F)CN2[C@H]13. The Morgan fingerprint density at radius 1 is 1.26 bits per heavy atom. The summed E-state index contributed by atoms with van der Waals surface area (Å²) in [5.41, 5.74) is -0.837. The highest BCUT2D eigenvalue weighted by molar-refractivity contribution is 6.05. The van der Waals surface area contributed by atoms with Crippen LogP contribution in [-0.4, -0.2) is 48.7 Å². The van der Waals surface area contributed by atoms with E-state index < -0.39 is 59.9 Å². The molecule has 0 unspecified atom stereocenters. The first-order chi connectivity index (χ1) is 14.4. The molecule has 11 heteroatoms. The second-order valence-electron chi connectivity index (χ2n) is 8.32. The Bertz CT molecular complexity index is 1100. The van der Waals surface area contributed by atoms with Gasteiger partial charge in [-0.3, -0.25) is 14.9 Å². The number of rotatable bonds is 1. The molecule has 0 saturated carbocycles. The molecule has 3 heterocycles. The van der Waals surface area contributed by atoms with Crippen molar-refractivity contribution in [3.8, 4) is 0 Å². The van der Waals surface area contributed by atoms with E-state index in [4.69, 9.17) is 4.74 Å². The average molecular weight is 439 g/mol. The molecular weight excluding hydrogens is 422 g/mol. The largest absolute Gasteiger partial charge is 0.416 e. The molecule has 0 radical (unpaired) electrons. The van der Waals surface area contributed by atoms with Crippen LogP contribution in [0.1, 0.15) is 29.8 Å². The van der Waals surface area contributed by atoms with Gasteiger partial charge in [0.15, 0.2) is 11.9 Å². The Morgan fingerprint density at radius 2 is 1.97 bits per heavy atom. The second-order valence-corrected chi connectivity index (χ2v) is 8.32. The van der Waals surface area contributed by atoms with E-state index in [9.17, 15) is 27.6 Å². The highest BCUT2D eigenvalue weighted by atomic mass is 19.4. The van der Waals surface area contributed by atoms with E-state index in [2.05, 4.69) is 10.6 Å². The van der Waals surface area contributed by atoms with Crippen LogP contribution in [0.4, 0.5) is 28.0 Å². The summed E-state index contributed by atoms with van der Waals surface area (Å²) in [5, 5.41) is 4.74. The Hall–Kier alpha value is -2.95. The number of carbonyl (C=O) groups excluding carboxylic acids is 3. The smallest absolute Gasteiger partial charge is 0.359 e. The van der Waals surface area contributed by atoms with Crippen molar-refractivity contribution in [3.05, 3.63) is 40.3 Å². The third-order valence-electron chi connectivity index (χ3n) is 6.61. The minimum atomic E-state index is -4.73. The summed E-state index contributed by atoms with van der Waals surface area (Å²) in [6.07, 6.45) is -8.23. The summed E-state index contributed by atoms with van der Waals surface area (Å²) in [6.45, 7) is 2.02. The zero-order chi connectivity index (χ0) is 22.5. The fourth-order valence-electron chi connectivity index (χ4n) is 5.37. The quantitative estimate of drug-likeness (QED) is 0.518. The number of imide groups is 1. The molecule has 0 bridgehead atoms. The number of morpholine rings is 1. The number of fused-ring (bicyclic) bond motifs is 2. The van der Waals surface area contributed by atoms with Gasteiger partial charge in [-0.25, -0.2) is 9.18 Å². The van der Waals surface area contributed by atoms with Crippen LogP contribution >= 0.6 is 0 Å². The number of ketones is 1. The Kier molecular flexibility index (Phi) is 3.90. The third-order valence-corrected chi connectivity index (χ3v) is 6.61. The van der Waals surface area contributed by atoms with E-state index in [1.54, 1.807) is 0 Å². The van der Waals surface area contributed by atoms with Crippen LogP contribution in [0.15, 0.2) is 23.4 Å². The van der Waals surface area contributed by atoms with Crippen LogP contribution in [0.2, 0.25) is 0 Å². The molecule has 3 aliphatic heterocycles. The van der Waals surface area contributed by atoms with Crippen LogP contribution in [0.3, 0.4) is 0 Å². The van der Waals surface area contributed by atoms with E-state index in [0.29, 0.717) is 0 Å². The minimum Gasteiger partial charge on any atom is -0.359 e. The number of halogens is 4. The number of hydrogen-bond donors (Lipinski definition) is 2. The molecule has 1 aromatic carbocycles. The highest BCUT2D eigenvalue weighted by Crippen LogP contribution is 2.57. The van der Waals surface area contributed by atoms with Gasteiger partial charge in [0, 0.05) is 11.3 Å². The predicted molar refractivity (Wildman–Crippen MR) is 97.8 cm³/mol. The van der Waals surface area contributed by atoms with Gasteiger partial charge in [0.05, 0.1) is 18.3 Å². The van der Waals surface area contributed by atoms with Gasteiger partial charge in [0.1, 0.15) is 17.3 Å². The van der Waals surface area contributed by atoms with Crippen LogP contribution in [0.5, 0.6) is 0 Å². The Morgan fingerprint density at radius 3 is 2.61 bits per heavy atom. The normalized spacial score (nSPS) is 31.5. The Labute approximate surface area is 173 Å². The van der Waals surface area contributed by atoms with Gasteiger partial charge in [0.25, 0.3) is 0 Å². The predicted octanol–water partition coefficient (Wildman–Crippen LogP) is 2.20. The molecule has 7 nitrogen and oxygen atoms in total. The van der Waals surface area contributed by atoms with Gasteiger partial charge in [-0.15, -0.1) is 0 Å². The summed E-state index contributed by atoms with van der Waals surface area (Å²) in [5.74, 6) is -1.96. The fourth-order valence-corrected chi connectivity index (χ4v) is 5.37. The number of nitrogens with one attached hydrogen (secondary N) is 2. The van der Waals surface area contributed by atoms with Gasteiger partial charge in [-0.05, 0) is 43.5 Å². The molecule has 5 rings (SSSR count). The first-order valence-electron chi connectivity index (χ1n) is 9.61. The van der Waals surface area contributed by atoms with Crippen LogP contribution in [0.25, 0.3) is 0 Å². The molecule has 3 amide bonds. The maximum absolute atomic E-state index is 15.1. The van der Waals surface area contributed by atoms with Gasteiger partial charge in [0.2, 0.25) is 5.91 Å². The average Bonchev–Trinajstić information content (AvgIpc) is 2.91. The number of hydrogen-bond acceptors (Lipinski definition) is 5. The number of anilines is 1. The second kappa shape index (κ2) is 6.06. The van der Waals surface area contributed by atoms with Crippen molar-refractivity contribution in [1.29, 1.82) is 0 Å². The maximum atomic E-state index is 15.1. The number of ether oxygens (including phenoxy) is 1. The van der Waals surface area contributed by atoms with Gasteiger partial charge >= 0.3 is 12.2 Å². The first-order valence-corrected chi connectivity index (χ1v) is 9.61. The molecular formula is C20H17F4N3O4. The standard InChI is InChI=1S/C20H17F4N3O4/c1-7-14-16-19(15(7)25-18(30)26-17(19)29)5-10-3-9(8(2)28)4-11(21)13(10)27(16)6-12(31-14)20(22,23)24/h3-4,12,14,16H,5-6H2,1-2H3,(H2,25,26,29,30)/t12-,14-,16+,19-/m0/s1. The van der Waals surface area contributed by atoms with Crippen LogP contribution < -0.4 is 15.5 Å². The lowest BCUT2D eigenvalue weighted by Gasteiger charge is -2.54. The molecule has 1 spiro atoms. The van der Waals surface area contributed by atoms with E-state index in [-0.39, 0.29) is 34.5 Å². The highest BCUT2D eigenvalue weighted by Gasteiger charge is 2.68. The van der Waals surface area contributed by atoms with E-state index >= 15 is 4.39 Å². The number of benzene rings is 1. The summed E-state index contributed by atoms with van der Waals surface area (Å²) in [6, 6.07) is 0.614. The topological polar surface area (TPSA) is 87.7 Å². The first kappa shape index (κ1) is 20.0. The summed E-state index contributed by atoms with van der Waals surface area (Å²) in [7, 11) is 0. The minimum absolute atomic E-state index is 0.0452. The van der Waals surface area contributed by atoms with Crippen molar-refractivity contribution in [2.75, 3.05) is 11.4 Å². The van der Waals surface area contributed by atoms with Crippen molar-refractivity contribution >= 4 is 23.4 Å². The fraction of sp³-hybridized carbons (Fsp3) is 0.450. The van der Waals surface area contributed by atoms with Gasteiger partial charge in [-0.2, -0.15) is 13.2 Å². The molecule has 2 N–H and O–H groups in total. The number of carbonyl (C=O) groups is 3. The van der Waals surface area contributed by atoms with E-state index in [1.165, 1.54) is 24.8 Å². The zero-order valence-electron chi connectivity index (χ0n) is 16.4. The molecule has 4 atom stereocenters. The lowest BCUT2D eigenvalue weighted by atomic mass is 9.69. The number of alkyl halides is 3. The summed E-state index contributed by atoms with van der Waals surface area (Å²) in [4.78, 5) is 38.2. The molecule has 1 aliphatic carbocycles. The molecule has 2 saturated heterocycles. The van der Waals surface area contributed by atoms with Crippen molar-refractivity contribution < 1.29 is 36.7 Å². The maximum Gasteiger partial charge on any atom is 0.416 e. The van der Waals surface area contributed by atoms with Crippen molar-refractivity contribution in [1.82, 2.24) is 10.6 Å². The zero-order valence-corrected chi connectivity index (χ0v) is 16.4. The van der Waals surface area contributed by atoms with E-state index in [1.807, 2.05) is 0 Å². The molecule has 31 heavy (non-hydrogen) atoms. The Balaban J connectivity index is 1.77. The molecule has 1 aromatic rings. The van der Waals surface area contributed by atoms with Gasteiger partial charge < -0.3 is 15.0 Å². The third kappa shape index (κ3) is 2.52. The van der Waals surface area contributed by atoms with Crippen LogP contribution in [-0.2, 0) is 16.0 Å². The van der Waals surface area contributed by atoms with Crippen molar-refractivity contribution in [2.24, 2.45) is 5.41 Å². The summed E-state index contributed by atoms with van der Waals surface area (Å²) >= 11 is 0. The number of amides is 3. The lowest BCUT2D eigenvalue weighted by molar-refractivity contribution is -0.237. The summed E-state index contributed by atoms with van der Waals surface area (Å²) < 4.78 is 61.5. The van der Waals surface area contributed by atoms with Crippen LogP contribution in [0, 0.1) is 11.2 Å². The van der Waals surface area contributed by atoms with Gasteiger partial charge in [-0.1, -0.05) is 0 Å². The number of urea groups is 1. The molecule has 2 fully saturated rings. The molecule has 4 aliphatic rings. The van der Waals surface area contributed by atoms with Crippen molar-refractivity contribution in [2.45, 2.75) is 44.7 Å². The molecule has 0 aromatic heterocycles.